The van der Waals surface area contributed by atoms with Crippen LogP contribution in [0.15, 0.2) is 18.2 Å². The van der Waals surface area contributed by atoms with Gasteiger partial charge in [-0.15, -0.1) is 56.7 Å². The number of thiophene rings is 5. The van der Waals surface area contributed by atoms with Crippen molar-refractivity contribution in [3.8, 4) is 11.5 Å². The van der Waals surface area contributed by atoms with E-state index in [1.165, 1.54) is 84.1 Å². The highest BCUT2D eigenvalue weighted by Gasteiger charge is 2.34. The Kier molecular flexibility index (Phi) is 34.1. The average molecular weight is 1650 g/mol. The Morgan fingerprint density at radius 2 is 0.699 bits per heavy atom. The summed E-state index contributed by atoms with van der Waals surface area (Å²) in [5.74, 6) is 1.97. The number of carbonyl (C=O) groups excluding carboxylic acids is 10. The van der Waals surface area contributed by atoms with Gasteiger partial charge in [0.05, 0.1) is 48.5 Å². The molecule has 0 aliphatic heterocycles. The van der Waals surface area contributed by atoms with Gasteiger partial charge in [-0.1, -0.05) is 127 Å². The third-order valence-electron chi connectivity index (χ3n) is 21.8. The Morgan fingerprint density at radius 3 is 1.02 bits per heavy atom. The Morgan fingerprint density at radius 1 is 0.398 bits per heavy atom. The fraction of sp³-hybridized carbons (Fsp3) is 0.581. The summed E-state index contributed by atoms with van der Waals surface area (Å²) in [4.78, 5) is 126. The van der Waals surface area contributed by atoms with E-state index in [1.54, 1.807) is 37.7 Å². The number of fused-ring (bicyclic) bond motifs is 5. The summed E-state index contributed by atoms with van der Waals surface area (Å²) in [5.41, 5.74) is 36.4. The molecule has 0 radical (unpaired) electrons. The molecular formula is C86H122N10O12S5. The lowest BCUT2D eigenvalue weighted by Gasteiger charge is -2.18. The zero-order valence-electron chi connectivity index (χ0n) is 68.4. The van der Waals surface area contributed by atoms with Crippen LogP contribution in [-0.2, 0) is 94.6 Å². The van der Waals surface area contributed by atoms with Crippen molar-refractivity contribution in [3.63, 3.8) is 0 Å². The molecule has 5 atom stereocenters. The fourth-order valence-corrected chi connectivity index (χ4v) is 22.8. The number of unbranched alkanes of at least 4 members (excludes halogenated alkanes) is 6. The van der Waals surface area contributed by atoms with Crippen molar-refractivity contribution in [1.29, 1.82) is 0 Å². The van der Waals surface area contributed by atoms with Crippen molar-refractivity contribution in [3.05, 3.63) is 104 Å². The molecule has 5 heterocycles. The maximum absolute atomic E-state index is 12.6. The van der Waals surface area contributed by atoms with Crippen LogP contribution in [0.4, 0.5) is 25.0 Å². The number of rotatable bonds is 26. The minimum Gasteiger partial charge on any atom is -0.493 e. The summed E-state index contributed by atoms with van der Waals surface area (Å²) < 4.78 is 10.5. The number of hydrogen-bond acceptors (Lipinski definition) is 17. The first-order valence-corrected chi connectivity index (χ1v) is 44.7. The fourth-order valence-electron chi connectivity index (χ4n) is 15.7. The van der Waals surface area contributed by atoms with Gasteiger partial charge in [0.15, 0.2) is 11.5 Å². The molecule has 618 valence electrons. The SMILES string of the molecule is CC1CCc2c(sc(NC(=O)C3CCCC3)c2C(N)=O)C1.CC1CCc2c(sc(NC(=O)CC(C)(C)C)c2C(N)=O)C1.CCCCCC(=O)Nc1sc2c(c1C(N)=O)CCC(C)C2.CCCCCCCC(=O)Nc1sc2c(c1C(N)=O)CCC(C)C2.COc1ccc(CC(=O)Nc2sc3c(c2C(N)=O)CCC(C)C3)cc1OC. The lowest BCUT2D eigenvalue weighted by Crippen LogP contribution is -2.22. The highest BCUT2D eigenvalue weighted by Crippen LogP contribution is 2.45. The van der Waals surface area contributed by atoms with Gasteiger partial charge in [0.2, 0.25) is 29.5 Å². The molecule has 10 amide bonds. The van der Waals surface area contributed by atoms with Gasteiger partial charge < -0.3 is 64.7 Å². The van der Waals surface area contributed by atoms with Crippen LogP contribution < -0.4 is 64.7 Å². The van der Waals surface area contributed by atoms with Crippen LogP contribution in [0.5, 0.6) is 11.5 Å². The quantitative estimate of drug-likeness (QED) is 0.0227. The Balaban J connectivity index is 0.000000178. The van der Waals surface area contributed by atoms with Gasteiger partial charge >= 0.3 is 0 Å². The van der Waals surface area contributed by atoms with E-state index >= 15 is 0 Å². The predicted octanol–water partition coefficient (Wildman–Crippen LogP) is 17.4. The minimum absolute atomic E-state index is 0.00403. The Labute approximate surface area is 687 Å². The average Bonchev–Trinajstić information content (AvgIpc) is 1.67. The Bertz CT molecular complexity index is 4380. The zero-order chi connectivity index (χ0) is 82.5. The van der Waals surface area contributed by atoms with Crippen molar-refractivity contribution >= 4 is 141 Å². The molecule has 6 aliphatic carbocycles. The maximum atomic E-state index is 12.6. The number of hydrogen-bond donors (Lipinski definition) is 10. The number of primary amides is 5. The van der Waals surface area contributed by atoms with Gasteiger partial charge in [-0.05, 0) is 203 Å². The number of carbonyl (C=O) groups is 10. The van der Waals surface area contributed by atoms with Crippen LogP contribution in [0.1, 0.15) is 307 Å². The second-order valence-electron chi connectivity index (χ2n) is 33.0. The minimum atomic E-state index is -0.483. The van der Waals surface area contributed by atoms with Crippen LogP contribution in [-0.4, -0.2) is 73.3 Å². The van der Waals surface area contributed by atoms with Crippen molar-refractivity contribution < 1.29 is 57.4 Å². The van der Waals surface area contributed by atoms with Crippen LogP contribution in [0.3, 0.4) is 0 Å². The molecule has 1 aromatic carbocycles. The molecule has 6 aliphatic rings. The first-order chi connectivity index (χ1) is 53.7. The number of anilines is 5. The van der Waals surface area contributed by atoms with Gasteiger partial charge in [0.1, 0.15) is 25.0 Å². The summed E-state index contributed by atoms with van der Waals surface area (Å²) in [6.07, 6.45) is 28.9. The van der Waals surface area contributed by atoms with Gasteiger partial charge in [0, 0.05) is 49.6 Å². The van der Waals surface area contributed by atoms with Crippen LogP contribution in [0.2, 0.25) is 0 Å². The number of ether oxygens (including phenoxy) is 2. The second kappa shape index (κ2) is 42.6. The monoisotopic (exact) mass is 1650 g/mol. The molecule has 12 rings (SSSR count). The summed E-state index contributed by atoms with van der Waals surface area (Å²) in [6, 6.07) is 5.35. The summed E-state index contributed by atoms with van der Waals surface area (Å²) >= 11 is 7.60. The molecule has 5 aromatic heterocycles. The summed E-state index contributed by atoms with van der Waals surface area (Å²) in [7, 11) is 3.12. The molecular weight excluding hydrogens is 1530 g/mol. The van der Waals surface area contributed by atoms with Crippen LogP contribution >= 0.6 is 56.7 Å². The van der Waals surface area contributed by atoms with E-state index in [2.05, 4.69) is 75.1 Å². The van der Waals surface area contributed by atoms with Gasteiger partial charge in [-0.3, -0.25) is 47.9 Å². The van der Waals surface area contributed by atoms with E-state index in [-0.39, 0.29) is 47.3 Å². The highest BCUT2D eigenvalue weighted by molar-refractivity contribution is 7.18. The first kappa shape index (κ1) is 90.6. The molecule has 1 saturated carbocycles. The van der Waals surface area contributed by atoms with E-state index < -0.39 is 29.5 Å². The van der Waals surface area contributed by atoms with Crippen LogP contribution in [0, 0.1) is 40.9 Å². The predicted molar refractivity (Wildman–Crippen MR) is 460 cm³/mol. The normalized spacial score (nSPS) is 17.9. The first-order valence-electron chi connectivity index (χ1n) is 40.6. The smallest absolute Gasteiger partial charge is 0.251 e. The molecule has 0 saturated heterocycles. The summed E-state index contributed by atoms with van der Waals surface area (Å²) in [5, 5.41) is 17.8. The van der Waals surface area contributed by atoms with Crippen molar-refractivity contribution in [2.45, 2.75) is 268 Å². The molecule has 113 heavy (non-hydrogen) atoms. The van der Waals surface area contributed by atoms with E-state index in [0.717, 1.165) is 192 Å². The van der Waals surface area contributed by atoms with Gasteiger partial charge in [-0.25, -0.2) is 0 Å². The number of nitrogens with two attached hydrogens (primary N) is 5. The van der Waals surface area contributed by atoms with Gasteiger partial charge in [-0.2, -0.15) is 0 Å². The van der Waals surface area contributed by atoms with Crippen molar-refractivity contribution in [1.82, 2.24) is 0 Å². The maximum Gasteiger partial charge on any atom is 0.251 e. The lowest BCUT2D eigenvalue weighted by atomic mass is 9.88. The number of amides is 10. The van der Waals surface area contributed by atoms with E-state index in [1.807, 2.05) is 26.8 Å². The molecule has 6 aromatic rings. The standard InChI is InChI=1S/C20H24N2O4S.C18H28N2O2S.C16H22N2O2S.2C16H24N2O2S/c1-11-4-6-13-16(8-11)27-20(18(13)19(21)24)22-17(23)10-12-5-7-14(25-2)15(9-12)26-3;1-3-4-5-6-7-8-15(21)20-18-16(17(19)22)13-10-9-12(2)11-14(13)23-18;1-9-6-7-11-12(8-9)21-16(13(11)14(17)19)18-15(20)10-4-2-3-5-10;1-9-5-6-10-11(7-9)21-15(13(10)14(17)20)18-12(19)8-16(2,3)4;1-3-4-5-6-13(19)18-16-14(15(17)20)11-8-7-10(2)9-12(11)21-16/h5,7,9,11H,4,6,8,10H2,1-3H3,(H2,21,24)(H,22,23);12H,3-11H2,1-2H3,(H2,19,22)(H,20,21);9-10H,2-8H2,1H3,(H2,17,19)(H,18,20);9H,5-8H2,1-4H3,(H2,17,20)(H,18,19);10H,3-9H2,1-2H3,(H2,17,20)(H,18,19). The topological polar surface area (TPSA) is 379 Å². The Hall–Kier alpha value is -7.98. The third kappa shape index (κ3) is 25.5. The van der Waals surface area contributed by atoms with E-state index in [9.17, 15) is 47.9 Å². The zero-order valence-corrected chi connectivity index (χ0v) is 72.5. The molecule has 0 bridgehead atoms. The number of methoxy groups -OCH3 is 2. The number of nitrogens with one attached hydrogen (secondary N) is 5. The van der Waals surface area contributed by atoms with Crippen LogP contribution in [0.25, 0.3) is 0 Å². The summed E-state index contributed by atoms with van der Waals surface area (Å²) in [6.45, 7) is 21.4. The number of benzene rings is 1. The van der Waals surface area contributed by atoms with E-state index in [0.29, 0.717) is 113 Å². The second-order valence-corrected chi connectivity index (χ2v) is 38.5. The van der Waals surface area contributed by atoms with Crippen molar-refractivity contribution in [2.75, 3.05) is 40.8 Å². The molecule has 0 spiro atoms. The molecule has 15 N–H and O–H groups in total. The van der Waals surface area contributed by atoms with Crippen molar-refractivity contribution in [2.24, 2.45) is 69.6 Å². The highest BCUT2D eigenvalue weighted by atomic mass is 32.1. The molecule has 27 heteroatoms. The third-order valence-corrected chi connectivity index (χ3v) is 27.6. The largest absolute Gasteiger partial charge is 0.493 e. The molecule has 5 unspecified atom stereocenters. The lowest BCUT2D eigenvalue weighted by molar-refractivity contribution is -0.120. The van der Waals surface area contributed by atoms with Gasteiger partial charge in [0.25, 0.3) is 29.5 Å². The molecule has 1 fully saturated rings. The molecule has 22 nitrogen and oxygen atoms in total. The van der Waals surface area contributed by atoms with E-state index in [4.69, 9.17) is 38.1 Å².